The van der Waals surface area contributed by atoms with Gasteiger partial charge in [-0.05, 0) is 55.5 Å². The molecular formula is C26H27N3O4S2. The number of carbonyl (C=O) groups is 1. The van der Waals surface area contributed by atoms with Crippen molar-refractivity contribution in [2.24, 2.45) is 4.99 Å². The lowest BCUT2D eigenvalue weighted by Gasteiger charge is -2.15. The average Bonchev–Trinajstić information content (AvgIpc) is 3.54. The van der Waals surface area contributed by atoms with E-state index in [0.717, 1.165) is 33.8 Å². The Morgan fingerprint density at radius 1 is 1.03 bits per heavy atom. The van der Waals surface area contributed by atoms with Crippen molar-refractivity contribution in [1.29, 1.82) is 0 Å². The fraction of sp³-hybridized carbons (Fsp3) is 0.308. The van der Waals surface area contributed by atoms with Gasteiger partial charge in [0.05, 0.1) is 21.7 Å². The maximum Gasteiger partial charge on any atom is 0.279 e. The van der Waals surface area contributed by atoms with Gasteiger partial charge in [-0.25, -0.2) is 8.42 Å². The van der Waals surface area contributed by atoms with Crippen LogP contribution in [0.15, 0.2) is 70.6 Å². The Morgan fingerprint density at radius 3 is 2.51 bits per heavy atom. The number of rotatable bonds is 7. The summed E-state index contributed by atoms with van der Waals surface area (Å²) in [6, 6.07) is 18.4. The number of aromatic nitrogens is 1. The highest BCUT2D eigenvalue weighted by Gasteiger charge is 2.27. The Kier molecular flexibility index (Phi) is 6.84. The van der Waals surface area contributed by atoms with Crippen molar-refractivity contribution in [3.05, 3.63) is 71.0 Å². The van der Waals surface area contributed by atoms with E-state index < -0.39 is 15.9 Å². The smallest absolute Gasteiger partial charge is 0.279 e. The monoisotopic (exact) mass is 509 g/mol. The average molecular weight is 510 g/mol. The topological polar surface area (TPSA) is 81.0 Å². The first-order chi connectivity index (χ1) is 17.0. The van der Waals surface area contributed by atoms with Crippen molar-refractivity contribution in [3.63, 3.8) is 0 Å². The molecule has 1 fully saturated rings. The van der Waals surface area contributed by atoms with Gasteiger partial charge >= 0.3 is 0 Å². The lowest BCUT2D eigenvalue weighted by Crippen LogP contribution is -2.27. The lowest BCUT2D eigenvalue weighted by molar-refractivity contribution is 0.0996. The molecule has 1 saturated heterocycles. The number of thiazole rings is 1. The van der Waals surface area contributed by atoms with Crippen LogP contribution in [0, 0.1) is 0 Å². The quantitative estimate of drug-likeness (QED) is 0.346. The molecule has 9 heteroatoms. The van der Waals surface area contributed by atoms with Gasteiger partial charge in [0.15, 0.2) is 4.80 Å². The number of benzene rings is 3. The standard InChI is InChI=1S/C26H27N3O4S2/c1-2-33-18-17-29-23-14-11-19-7-3-4-8-22(19)24(23)34-26(29)27-25(30)20-9-12-21(13-10-20)35(31,32)28-15-5-6-16-28/h3-4,7-14H,2,5-6,15-18H2,1H3. The maximum absolute atomic E-state index is 13.1. The van der Waals surface area contributed by atoms with Crippen molar-refractivity contribution in [1.82, 2.24) is 8.87 Å². The first kappa shape index (κ1) is 23.9. The molecule has 0 radical (unpaired) electrons. The summed E-state index contributed by atoms with van der Waals surface area (Å²) < 4.78 is 35.7. The summed E-state index contributed by atoms with van der Waals surface area (Å²) in [4.78, 5) is 18.3. The predicted molar refractivity (Wildman–Crippen MR) is 138 cm³/mol. The molecule has 0 N–H and O–H groups in total. The van der Waals surface area contributed by atoms with Crippen molar-refractivity contribution in [2.75, 3.05) is 26.3 Å². The zero-order valence-electron chi connectivity index (χ0n) is 19.5. The second kappa shape index (κ2) is 10.0. The first-order valence-electron chi connectivity index (χ1n) is 11.8. The molecule has 2 heterocycles. The lowest BCUT2D eigenvalue weighted by atomic mass is 10.1. The van der Waals surface area contributed by atoms with Crippen LogP contribution in [0.2, 0.25) is 0 Å². The second-order valence-corrected chi connectivity index (χ2v) is 11.3. The van der Waals surface area contributed by atoms with Gasteiger partial charge in [-0.2, -0.15) is 9.30 Å². The molecule has 35 heavy (non-hydrogen) atoms. The number of amides is 1. The van der Waals surface area contributed by atoms with E-state index in [2.05, 4.69) is 29.3 Å². The van der Waals surface area contributed by atoms with E-state index in [4.69, 9.17) is 4.74 Å². The van der Waals surface area contributed by atoms with E-state index in [9.17, 15) is 13.2 Å². The molecule has 4 aromatic rings. The second-order valence-electron chi connectivity index (χ2n) is 8.42. The van der Waals surface area contributed by atoms with Crippen LogP contribution in [0.1, 0.15) is 30.1 Å². The van der Waals surface area contributed by atoms with Crippen LogP contribution in [0.4, 0.5) is 0 Å². The first-order valence-corrected chi connectivity index (χ1v) is 14.0. The molecule has 1 aliphatic heterocycles. The minimum Gasteiger partial charge on any atom is -0.380 e. The molecule has 1 aromatic heterocycles. The molecule has 0 atom stereocenters. The number of carbonyl (C=O) groups excluding carboxylic acids is 1. The Bertz CT molecular complexity index is 1550. The van der Waals surface area contributed by atoms with Crippen molar-refractivity contribution in [3.8, 4) is 0 Å². The number of nitrogens with zero attached hydrogens (tertiary/aromatic N) is 3. The van der Waals surface area contributed by atoms with Gasteiger partial charge in [0.2, 0.25) is 10.0 Å². The Hall–Kier alpha value is -2.85. The number of hydrogen-bond donors (Lipinski definition) is 0. The van der Waals surface area contributed by atoms with Crippen molar-refractivity contribution < 1.29 is 17.9 Å². The summed E-state index contributed by atoms with van der Waals surface area (Å²) in [5, 5.41) is 2.25. The third kappa shape index (κ3) is 4.69. The van der Waals surface area contributed by atoms with Crippen molar-refractivity contribution in [2.45, 2.75) is 31.2 Å². The highest BCUT2D eigenvalue weighted by molar-refractivity contribution is 7.89. The molecule has 3 aromatic carbocycles. The van der Waals surface area contributed by atoms with Crippen LogP contribution in [-0.4, -0.2) is 49.5 Å². The highest BCUT2D eigenvalue weighted by atomic mass is 32.2. The molecule has 0 spiro atoms. The number of hydrogen-bond acceptors (Lipinski definition) is 5. The van der Waals surface area contributed by atoms with Gasteiger partial charge in [-0.15, -0.1) is 0 Å². The third-order valence-corrected chi connectivity index (χ3v) is 9.28. The van der Waals surface area contributed by atoms with Gasteiger partial charge < -0.3 is 9.30 Å². The molecule has 0 aliphatic carbocycles. The summed E-state index contributed by atoms with van der Waals surface area (Å²) in [5.41, 5.74) is 1.36. The van der Waals surface area contributed by atoms with Crippen LogP contribution < -0.4 is 4.80 Å². The van der Waals surface area contributed by atoms with E-state index >= 15 is 0 Å². The summed E-state index contributed by atoms with van der Waals surface area (Å²) in [7, 11) is -3.52. The Balaban J connectivity index is 1.52. The zero-order chi connectivity index (χ0) is 24.4. The molecule has 0 unspecified atom stereocenters. The molecule has 1 aliphatic rings. The minimum atomic E-state index is -3.52. The van der Waals surface area contributed by atoms with E-state index in [1.165, 1.54) is 27.8 Å². The zero-order valence-corrected chi connectivity index (χ0v) is 21.1. The normalized spacial score (nSPS) is 15.4. The summed E-state index contributed by atoms with van der Waals surface area (Å²) in [5.74, 6) is -0.406. The summed E-state index contributed by atoms with van der Waals surface area (Å²) >= 11 is 1.48. The van der Waals surface area contributed by atoms with Gasteiger partial charge in [-0.1, -0.05) is 41.7 Å². The minimum absolute atomic E-state index is 0.205. The molecule has 7 nitrogen and oxygen atoms in total. The molecule has 5 rings (SSSR count). The SMILES string of the molecule is CCOCCn1c(=NC(=O)c2ccc(S(=O)(=O)N3CCCC3)cc2)sc2c3ccccc3ccc21. The Labute approximate surface area is 208 Å². The van der Waals surface area contributed by atoms with E-state index in [0.29, 0.717) is 43.2 Å². The maximum atomic E-state index is 13.1. The van der Waals surface area contributed by atoms with Crippen LogP contribution in [0.5, 0.6) is 0 Å². The number of sulfonamides is 1. The van der Waals surface area contributed by atoms with Crippen LogP contribution in [-0.2, 0) is 21.3 Å². The number of fused-ring (bicyclic) bond motifs is 3. The predicted octanol–water partition coefficient (Wildman–Crippen LogP) is 4.42. The van der Waals surface area contributed by atoms with Crippen LogP contribution in [0.3, 0.4) is 0 Å². The summed E-state index contributed by atoms with van der Waals surface area (Å²) in [6.45, 7) is 4.74. The summed E-state index contributed by atoms with van der Waals surface area (Å²) in [6.07, 6.45) is 1.75. The molecule has 0 bridgehead atoms. The number of ether oxygens (including phenoxy) is 1. The van der Waals surface area contributed by atoms with E-state index in [1.54, 1.807) is 12.1 Å². The van der Waals surface area contributed by atoms with Gasteiger partial charge in [0, 0.05) is 37.2 Å². The fourth-order valence-corrected chi connectivity index (χ4v) is 7.11. The van der Waals surface area contributed by atoms with E-state index in [1.807, 2.05) is 23.6 Å². The molecule has 0 saturated carbocycles. The molecule has 1 amide bonds. The highest BCUT2D eigenvalue weighted by Crippen LogP contribution is 2.28. The molecular weight excluding hydrogens is 482 g/mol. The third-order valence-electron chi connectivity index (χ3n) is 6.24. The fourth-order valence-electron chi connectivity index (χ4n) is 4.40. The van der Waals surface area contributed by atoms with E-state index in [-0.39, 0.29) is 4.90 Å². The van der Waals surface area contributed by atoms with Crippen LogP contribution >= 0.6 is 11.3 Å². The molecule has 182 valence electrons. The Morgan fingerprint density at radius 2 is 1.77 bits per heavy atom. The van der Waals surface area contributed by atoms with Crippen LogP contribution in [0.25, 0.3) is 21.0 Å². The largest absolute Gasteiger partial charge is 0.380 e. The van der Waals surface area contributed by atoms with Gasteiger partial charge in [0.1, 0.15) is 0 Å². The van der Waals surface area contributed by atoms with Gasteiger partial charge in [0.25, 0.3) is 5.91 Å². The van der Waals surface area contributed by atoms with Crippen molar-refractivity contribution >= 4 is 48.3 Å². The van der Waals surface area contributed by atoms with Gasteiger partial charge in [-0.3, -0.25) is 4.79 Å².